The number of thioether (sulfide) groups is 1. The molecule has 2 aliphatic rings. The fourth-order valence-corrected chi connectivity index (χ4v) is 4.60. The van der Waals surface area contributed by atoms with Gasteiger partial charge < -0.3 is 25.0 Å². The summed E-state index contributed by atoms with van der Waals surface area (Å²) in [5.41, 5.74) is 3.02. The SMILES string of the molecule is O=C(Nc1cccc(-c2nccnc2N2CCSCC2)c1)Nc1ccc2c(c1)OCCO2. The highest BCUT2D eigenvalue weighted by Crippen LogP contribution is 2.33. The van der Waals surface area contributed by atoms with Crippen molar-refractivity contribution in [3.05, 3.63) is 54.9 Å². The van der Waals surface area contributed by atoms with Crippen LogP contribution in [-0.4, -0.2) is 53.8 Å². The van der Waals surface area contributed by atoms with Gasteiger partial charge in [0.15, 0.2) is 17.3 Å². The van der Waals surface area contributed by atoms with Gasteiger partial charge in [0.25, 0.3) is 0 Å². The molecule has 0 atom stereocenters. The lowest BCUT2D eigenvalue weighted by atomic mass is 10.1. The number of aromatic nitrogens is 2. The minimum atomic E-state index is -0.341. The van der Waals surface area contributed by atoms with Gasteiger partial charge in [-0.3, -0.25) is 4.98 Å². The Morgan fingerprint density at radius 2 is 1.66 bits per heavy atom. The van der Waals surface area contributed by atoms with Crippen LogP contribution >= 0.6 is 11.8 Å². The average Bonchev–Trinajstić information content (AvgIpc) is 2.84. The van der Waals surface area contributed by atoms with Crippen LogP contribution in [0.15, 0.2) is 54.9 Å². The highest BCUT2D eigenvalue weighted by Gasteiger charge is 2.18. The number of anilines is 3. The summed E-state index contributed by atoms with van der Waals surface area (Å²) in [6.07, 6.45) is 3.43. The molecule has 0 spiro atoms. The Kier molecular flexibility index (Phi) is 5.98. The van der Waals surface area contributed by atoms with Gasteiger partial charge in [-0.1, -0.05) is 12.1 Å². The zero-order valence-corrected chi connectivity index (χ0v) is 18.2. The summed E-state index contributed by atoms with van der Waals surface area (Å²) in [7, 11) is 0. The molecular weight excluding hydrogens is 426 g/mol. The van der Waals surface area contributed by atoms with Crippen molar-refractivity contribution in [1.82, 2.24) is 9.97 Å². The fraction of sp³-hybridized carbons (Fsp3) is 0.261. The van der Waals surface area contributed by atoms with Crippen molar-refractivity contribution < 1.29 is 14.3 Å². The second kappa shape index (κ2) is 9.35. The number of benzene rings is 2. The van der Waals surface area contributed by atoms with Gasteiger partial charge in [-0.15, -0.1) is 0 Å². The summed E-state index contributed by atoms with van der Waals surface area (Å²) in [6.45, 7) is 2.93. The van der Waals surface area contributed by atoms with Crippen molar-refractivity contribution in [2.24, 2.45) is 0 Å². The second-order valence-electron chi connectivity index (χ2n) is 7.35. The molecule has 9 heteroatoms. The van der Waals surface area contributed by atoms with Gasteiger partial charge >= 0.3 is 6.03 Å². The molecule has 0 unspecified atom stereocenters. The number of carbonyl (C=O) groups excluding carboxylic acids is 1. The molecule has 5 rings (SSSR count). The quantitative estimate of drug-likeness (QED) is 0.620. The van der Waals surface area contributed by atoms with Crippen molar-refractivity contribution in [2.45, 2.75) is 0 Å². The fourth-order valence-electron chi connectivity index (χ4n) is 3.70. The number of fused-ring (bicyclic) bond motifs is 1. The summed E-state index contributed by atoms with van der Waals surface area (Å²) in [6, 6.07) is 12.6. The molecule has 1 saturated heterocycles. The zero-order valence-electron chi connectivity index (χ0n) is 17.4. The molecule has 32 heavy (non-hydrogen) atoms. The van der Waals surface area contributed by atoms with E-state index in [-0.39, 0.29) is 6.03 Å². The summed E-state index contributed by atoms with van der Waals surface area (Å²) in [4.78, 5) is 24.0. The second-order valence-corrected chi connectivity index (χ2v) is 8.57. The third kappa shape index (κ3) is 4.57. The molecule has 2 amide bonds. The number of nitrogens with one attached hydrogen (secondary N) is 2. The number of ether oxygens (including phenoxy) is 2. The minimum Gasteiger partial charge on any atom is -0.486 e. The first-order valence-electron chi connectivity index (χ1n) is 10.5. The molecular formula is C23H23N5O3S. The third-order valence-electron chi connectivity index (χ3n) is 5.18. The number of urea groups is 1. The minimum absolute atomic E-state index is 0.341. The number of hydrogen-bond acceptors (Lipinski definition) is 7. The summed E-state index contributed by atoms with van der Waals surface area (Å²) in [5, 5.41) is 5.73. The number of carbonyl (C=O) groups is 1. The van der Waals surface area contributed by atoms with E-state index in [0.717, 1.165) is 41.7 Å². The Bertz CT molecular complexity index is 1120. The number of nitrogens with zero attached hydrogens (tertiary/aromatic N) is 3. The van der Waals surface area contributed by atoms with Crippen molar-refractivity contribution in [1.29, 1.82) is 0 Å². The predicted octanol–water partition coefficient (Wildman–Crippen LogP) is 4.11. The number of amides is 2. The highest BCUT2D eigenvalue weighted by molar-refractivity contribution is 7.99. The van der Waals surface area contributed by atoms with Crippen LogP contribution in [-0.2, 0) is 0 Å². The largest absolute Gasteiger partial charge is 0.486 e. The lowest BCUT2D eigenvalue weighted by Gasteiger charge is -2.28. The van der Waals surface area contributed by atoms with Gasteiger partial charge in [-0.2, -0.15) is 11.8 Å². The van der Waals surface area contributed by atoms with E-state index in [2.05, 4.69) is 25.5 Å². The predicted molar refractivity (Wildman–Crippen MR) is 127 cm³/mol. The maximum Gasteiger partial charge on any atom is 0.323 e. The molecule has 0 saturated carbocycles. The first kappa shape index (κ1) is 20.4. The maximum absolute atomic E-state index is 12.6. The molecule has 3 heterocycles. The van der Waals surface area contributed by atoms with Crippen LogP contribution in [0, 0.1) is 0 Å². The van der Waals surface area contributed by atoms with E-state index in [4.69, 9.17) is 9.47 Å². The van der Waals surface area contributed by atoms with Gasteiger partial charge in [0, 0.05) is 60.0 Å². The Balaban J connectivity index is 1.31. The van der Waals surface area contributed by atoms with Crippen molar-refractivity contribution in [3.63, 3.8) is 0 Å². The van der Waals surface area contributed by atoms with Crippen molar-refractivity contribution >= 4 is 35.0 Å². The monoisotopic (exact) mass is 449 g/mol. The molecule has 0 bridgehead atoms. The van der Waals surface area contributed by atoms with E-state index in [1.165, 1.54) is 0 Å². The lowest BCUT2D eigenvalue weighted by Crippen LogP contribution is -2.33. The molecule has 2 aromatic carbocycles. The average molecular weight is 450 g/mol. The van der Waals surface area contributed by atoms with Crippen LogP contribution < -0.4 is 25.0 Å². The van der Waals surface area contributed by atoms with Crippen LogP contribution in [0.3, 0.4) is 0 Å². The van der Waals surface area contributed by atoms with Gasteiger partial charge in [0.1, 0.15) is 18.9 Å². The van der Waals surface area contributed by atoms with Crippen LogP contribution in [0.1, 0.15) is 0 Å². The van der Waals surface area contributed by atoms with Crippen LogP contribution in [0.5, 0.6) is 11.5 Å². The summed E-state index contributed by atoms with van der Waals surface area (Å²) in [5.74, 6) is 4.35. The van der Waals surface area contributed by atoms with E-state index < -0.39 is 0 Å². The Hall–Kier alpha value is -3.46. The molecule has 2 N–H and O–H groups in total. The van der Waals surface area contributed by atoms with E-state index in [1.54, 1.807) is 30.6 Å². The van der Waals surface area contributed by atoms with E-state index >= 15 is 0 Å². The number of rotatable bonds is 4. The van der Waals surface area contributed by atoms with Crippen LogP contribution in [0.2, 0.25) is 0 Å². The maximum atomic E-state index is 12.6. The zero-order chi connectivity index (χ0) is 21.8. The first-order valence-corrected chi connectivity index (χ1v) is 11.6. The standard InChI is InChI=1S/C23H23N5O3S/c29-23(27-18-4-5-19-20(15-18)31-11-10-30-19)26-17-3-1-2-16(14-17)21-22(25-7-6-24-21)28-8-12-32-13-9-28/h1-7,14-15H,8-13H2,(H2,26,27,29). The Morgan fingerprint density at radius 1 is 0.906 bits per heavy atom. The number of hydrogen-bond donors (Lipinski definition) is 2. The van der Waals surface area contributed by atoms with Gasteiger partial charge in [-0.25, -0.2) is 9.78 Å². The van der Waals surface area contributed by atoms with Gasteiger partial charge in [0.2, 0.25) is 0 Å². The molecule has 164 valence electrons. The lowest BCUT2D eigenvalue weighted by molar-refractivity contribution is 0.171. The third-order valence-corrected chi connectivity index (χ3v) is 6.13. The van der Waals surface area contributed by atoms with Crippen molar-refractivity contribution in [2.75, 3.05) is 53.3 Å². The topological polar surface area (TPSA) is 88.6 Å². The summed E-state index contributed by atoms with van der Waals surface area (Å²) < 4.78 is 11.1. The van der Waals surface area contributed by atoms with E-state index in [9.17, 15) is 4.79 Å². The van der Waals surface area contributed by atoms with Crippen LogP contribution in [0.4, 0.5) is 22.0 Å². The summed E-state index contributed by atoms with van der Waals surface area (Å²) >= 11 is 1.95. The Morgan fingerprint density at radius 3 is 2.50 bits per heavy atom. The van der Waals surface area contributed by atoms with Gasteiger partial charge in [-0.05, 0) is 24.3 Å². The van der Waals surface area contributed by atoms with E-state index in [1.807, 2.05) is 36.0 Å². The molecule has 2 aliphatic heterocycles. The van der Waals surface area contributed by atoms with Crippen LogP contribution in [0.25, 0.3) is 11.3 Å². The Labute approximate surface area is 190 Å². The van der Waals surface area contributed by atoms with Crippen molar-refractivity contribution in [3.8, 4) is 22.8 Å². The van der Waals surface area contributed by atoms with Gasteiger partial charge in [0.05, 0.1) is 0 Å². The first-order chi connectivity index (χ1) is 15.8. The molecule has 3 aromatic rings. The molecule has 0 radical (unpaired) electrons. The molecule has 0 aliphatic carbocycles. The highest BCUT2D eigenvalue weighted by atomic mass is 32.2. The molecule has 1 fully saturated rings. The normalized spacial score (nSPS) is 15.2. The molecule has 1 aromatic heterocycles. The molecule has 8 nitrogen and oxygen atoms in total. The van der Waals surface area contributed by atoms with E-state index in [0.29, 0.717) is 36.1 Å². The smallest absolute Gasteiger partial charge is 0.323 e.